The van der Waals surface area contributed by atoms with Crippen LogP contribution in [0.4, 0.5) is 154 Å². The van der Waals surface area contributed by atoms with Crippen molar-refractivity contribution in [3.63, 3.8) is 0 Å². The van der Waals surface area contributed by atoms with E-state index in [9.17, 15) is 154 Å². The lowest BCUT2D eigenvalue weighted by atomic mass is 9.82. The van der Waals surface area contributed by atoms with Crippen molar-refractivity contribution in [3.8, 4) is 0 Å². The highest BCUT2D eigenvalue weighted by molar-refractivity contribution is 6.22. The quantitative estimate of drug-likeness (QED) is 0.113. The first kappa shape index (κ1) is 50.8. The Hall–Kier alpha value is -2.16. The molecule has 320 valence electrons. The van der Waals surface area contributed by atoms with Gasteiger partial charge in [-0.05, 0) is 11.6 Å². The van der Waals surface area contributed by atoms with Crippen molar-refractivity contribution in [1.82, 2.24) is 0 Å². The van der Waals surface area contributed by atoms with E-state index in [-0.39, 0.29) is 0 Å². The second kappa shape index (κ2) is 11.9. The maximum atomic E-state index is 13.8. The summed E-state index contributed by atoms with van der Waals surface area (Å²) in [6, 6.07) is 0. The highest BCUT2D eigenvalue weighted by Gasteiger charge is 3.02. The van der Waals surface area contributed by atoms with E-state index in [1.807, 2.05) is 0 Å². The number of alkyl halides is 36. The Bertz CT molecular complexity index is 1240. The summed E-state index contributed by atoms with van der Waals surface area (Å²) in [5.74, 6) is -147. The highest BCUT2D eigenvalue weighted by atomic mass is 35.5. The van der Waals surface area contributed by atoms with Gasteiger partial charge in [0.15, 0.2) is 0 Å². The predicted molar refractivity (Wildman–Crippen MR) is 91.1 cm³/mol. The van der Waals surface area contributed by atoms with Crippen molar-refractivity contribution in [3.05, 3.63) is 0 Å². The average Bonchev–Trinajstić information content (AvgIpc) is 2.89. The molecule has 0 aromatic rings. The zero-order valence-corrected chi connectivity index (χ0v) is 22.9. The van der Waals surface area contributed by atoms with Crippen LogP contribution in [0, 0.1) is 0 Å². The number of halogens is 36. The van der Waals surface area contributed by atoms with E-state index in [0.29, 0.717) is 0 Å². The molecule has 0 aromatic carbocycles. The third-order valence-corrected chi connectivity index (χ3v) is 6.47. The summed E-state index contributed by atoms with van der Waals surface area (Å²) in [7, 11) is 0. The van der Waals surface area contributed by atoms with Gasteiger partial charge in [0.1, 0.15) is 0 Å². The largest absolute Gasteiger partial charge is 0.460 e. The van der Waals surface area contributed by atoms with Gasteiger partial charge in [0, 0.05) is 0 Å². The van der Waals surface area contributed by atoms with Crippen LogP contribution in [-0.4, -0.2) is 100 Å². The molecular weight excluding hydrogens is 905 g/mol. The van der Waals surface area contributed by atoms with Crippen LogP contribution in [0.25, 0.3) is 0 Å². The monoisotopic (exact) mass is 904 g/mol. The summed E-state index contributed by atoms with van der Waals surface area (Å²) in [5, 5.41) is -7.46. The molecule has 0 unspecified atom stereocenters. The standard InChI is InChI=1S/C17ClF35/c18-16(49,50)14(45,46)12(41,42)10(37,38)8(33,34)6(29,30)4(25,26)2(21,22)1(19,20)3(23,24)5(27,28)7(31,32)9(35,36)11(39,40)13(43,44)15(47,48)17(51,52)53. The normalized spacial score (nSPS) is 17.4. The SMILES string of the molecule is FC(F)(F)C(F)(F)C(F)(F)C(F)(F)C(F)(F)C(F)(F)C(F)(F)C(F)(F)C(F)(F)C(F)(F)C(F)(F)C(F)(F)C(F)(F)C(F)(F)C(F)(F)C(F)(F)C(F)(F)Cl. The fraction of sp³-hybridized carbons (Fsp3) is 1.00. The molecular formula is C17ClF35. The van der Waals surface area contributed by atoms with Crippen LogP contribution in [0.15, 0.2) is 0 Å². The van der Waals surface area contributed by atoms with E-state index in [0.717, 1.165) is 0 Å². The van der Waals surface area contributed by atoms with Crippen molar-refractivity contribution in [1.29, 1.82) is 0 Å². The summed E-state index contributed by atoms with van der Waals surface area (Å²) < 4.78 is 465. The van der Waals surface area contributed by atoms with Crippen LogP contribution in [-0.2, 0) is 0 Å². The Balaban J connectivity index is 7.78. The molecule has 0 aliphatic rings. The lowest BCUT2D eigenvalue weighted by molar-refractivity contribution is -0.492. The van der Waals surface area contributed by atoms with Gasteiger partial charge < -0.3 is 0 Å². The summed E-state index contributed by atoms with van der Waals surface area (Å²) >= 11 is 3.12. The van der Waals surface area contributed by atoms with Crippen molar-refractivity contribution >= 4 is 11.6 Å². The average molecular weight is 905 g/mol. The summed E-state index contributed by atoms with van der Waals surface area (Å²) in [4.78, 5) is 0. The molecule has 53 heavy (non-hydrogen) atoms. The smallest absolute Gasteiger partial charge is 0.192 e. The van der Waals surface area contributed by atoms with Crippen LogP contribution < -0.4 is 0 Å². The van der Waals surface area contributed by atoms with Crippen LogP contribution in [0.5, 0.6) is 0 Å². The molecule has 36 heteroatoms. The van der Waals surface area contributed by atoms with Gasteiger partial charge in [0.25, 0.3) is 0 Å². The van der Waals surface area contributed by atoms with Crippen LogP contribution in [0.1, 0.15) is 0 Å². The summed E-state index contributed by atoms with van der Waals surface area (Å²) in [6.07, 6.45) is -8.42. The van der Waals surface area contributed by atoms with E-state index in [1.165, 1.54) is 0 Å². The molecule has 0 aliphatic carbocycles. The minimum atomic E-state index is -10.3. The fourth-order valence-corrected chi connectivity index (χ4v) is 3.04. The Labute approximate surface area is 267 Å². The molecule has 0 aliphatic heterocycles. The van der Waals surface area contributed by atoms with Crippen LogP contribution in [0.2, 0.25) is 0 Å². The van der Waals surface area contributed by atoms with Crippen LogP contribution >= 0.6 is 11.6 Å². The highest BCUT2D eigenvalue weighted by Crippen LogP contribution is 2.70. The Kier molecular flexibility index (Phi) is 11.4. The van der Waals surface area contributed by atoms with Crippen molar-refractivity contribution < 1.29 is 154 Å². The van der Waals surface area contributed by atoms with Gasteiger partial charge in [0.05, 0.1) is 0 Å². The Morgan fingerprint density at radius 1 is 0.151 bits per heavy atom. The van der Waals surface area contributed by atoms with Crippen molar-refractivity contribution in [2.45, 2.75) is 100 Å². The van der Waals surface area contributed by atoms with Gasteiger partial charge >= 0.3 is 100 Å². The van der Waals surface area contributed by atoms with E-state index in [1.54, 1.807) is 0 Å². The first-order chi connectivity index (χ1) is 22.0. The first-order valence-corrected chi connectivity index (χ1v) is 11.2. The van der Waals surface area contributed by atoms with Gasteiger partial charge in [-0.3, -0.25) is 0 Å². The Morgan fingerprint density at radius 3 is 0.340 bits per heavy atom. The van der Waals surface area contributed by atoms with Crippen LogP contribution in [0.3, 0.4) is 0 Å². The lowest BCUT2D eigenvalue weighted by Gasteiger charge is -2.47. The molecule has 0 aromatic heterocycles. The molecule has 0 nitrogen and oxygen atoms in total. The lowest BCUT2D eigenvalue weighted by Crippen LogP contribution is -2.80. The van der Waals surface area contributed by atoms with E-state index in [4.69, 9.17) is 0 Å². The molecule has 0 N–H and O–H groups in total. The van der Waals surface area contributed by atoms with E-state index in [2.05, 4.69) is 11.6 Å². The first-order valence-electron chi connectivity index (χ1n) is 10.8. The number of rotatable bonds is 15. The summed E-state index contributed by atoms with van der Waals surface area (Å²) in [6.45, 7) is 0. The van der Waals surface area contributed by atoms with E-state index >= 15 is 0 Å². The minimum absolute atomic E-state index is 3.12. The molecule has 0 bridgehead atoms. The molecule has 0 rings (SSSR count). The summed E-state index contributed by atoms with van der Waals surface area (Å²) in [5.41, 5.74) is 0. The molecule has 0 amide bonds. The fourth-order valence-electron chi connectivity index (χ4n) is 2.92. The molecule has 0 radical (unpaired) electrons. The maximum absolute atomic E-state index is 13.8. The third kappa shape index (κ3) is 5.67. The molecule has 0 saturated carbocycles. The Morgan fingerprint density at radius 2 is 0.245 bits per heavy atom. The maximum Gasteiger partial charge on any atom is 0.460 e. The zero-order chi connectivity index (χ0) is 44.5. The molecule has 0 heterocycles. The number of hydrogen-bond donors (Lipinski definition) is 0. The van der Waals surface area contributed by atoms with Gasteiger partial charge in [-0.2, -0.15) is 154 Å². The number of hydrogen-bond acceptors (Lipinski definition) is 0. The van der Waals surface area contributed by atoms with Gasteiger partial charge in [0.2, 0.25) is 0 Å². The van der Waals surface area contributed by atoms with E-state index < -0.39 is 100 Å². The second-order valence-corrected chi connectivity index (χ2v) is 10.1. The molecule has 0 spiro atoms. The van der Waals surface area contributed by atoms with Gasteiger partial charge in [-0.1, -0.05) is 0 Å². The molecule has 0 atom stereocenters. The third-order valence-electron chi connectivity index (χ3n) is 6.23. The topological polar surface area (TPSA) is 0 Å². The minimum Gasteiger partial charge on any atom is -0.192 e. The van der Waals surface area contributed by atoms with Crippen molar-refractivity contribution in [2.24, 2.45) is 0 Å². The van der Waals surface area contributed by atoms with Crippen molar-refractivity contribution in [2.75, 3.05) is 0 Å². The zero-order valence-electron chi connectivity index (χ0n) is 22.1. The van der Waals surface area contributed by atoms with Gasteiger partial charge in [-0.15, -0.1) is 0 Å². The van der Waals surface area contributed by atoms with Gasteiger partial charge in [-0.25, -0.2) is 0 Å². The molecule has 0 fully saturated rings. The second-order valence-electron chi connectivity index (χ2n) is 9.61. The molecule has 0 saturated heterocycles. The predicted octanol–water partition coefficient (Wildman–Crippen LogP) is 11.9.